The van der Waals surface area contributed by atoms with E-state index in [0.29, 0.717) is 12.8 Å². The van der Waals surface area contributed by atoms with Crippen LogP contribution in [0.15, 0.2) is 18.2 Å². The highest BCUT2D eigenvalue weighted by molar-refractivity contribution is 5.31. The molecule has 1 fully saturated rings. The number of aryl methyl sites for hydroxylation is 2. The van der Waals surface area contributed by atoms with Crippen LogP contribution in [0, 0.1) is 13.8 Å². The molecule has 1 heterocycles. The maximum Gasteiger partial charge on any atom is 0.0970 e. The van der Waals surface area contributed by atoms with Crippen LogP contribution in [0.4, 0.5) is 0 Å². The quantitative estimate of drug-likeness (QED) is 0.769. The minimum atomic E-state index is 0.357. The number of benzene rings is 1. The fourth-order valence-corrected chi connectivity index (χ4v) is 1.85. The third kappa shape index (κ3) is 2.14. The van der Waals surface area contributed by atoms with Crippen molar-refractivity contribution in [3.63, 3.8) is 0 Å². The molecule has 0 amide bonds. The molecule has 1 aliphatic rings. The summed E-state index contributed by atoms with van der Waals surface area (Å²) in [6, 6.07) is 6.61. The van der Waals surface area contributed by atoms with Gasteiger partial charge in [0.2, 0.25) is 0 Å². The van der Waals surface area contributed by atoms with Crippen LogP contribution in [0.25, 0.3) is 0 Å². The second kappa shape index (κ2) is 4.11. The third-order valence-corrected chi connectivity index (χ3v) is 2.75. The number of nitrogens with one attached hydrogen (secondary N) is 1. The smallest absolute Gasteiger partial charge is 0.0970 e. The Balaban J connectivity index is 2.10. The lowest BCUT2D eigenvalue weighted by Crippen LogP contribution is -2.17. The molecule has 1 aromatic carbocycles. The summed E-state index contributed by atoms with van der Waals surface area (Å²) < 4.78 is 5.54. The molecule has 2 nitrogen and oxygen atoms in total. The summed E-state index contributed by atoms with van der Waals surface area (Å²) in [5.41, 5.74) is 4.11. The maximum atomic E-state index is 5.54. The van der Waals surface area contributed by atoms with Crippen LogP contribution >= 0.6 is 0 Å². The van der Waals surface area contributed by atoms with Crippen molar-refractivity contribution >= 4 is 0 Å². The number of hydrogen-bond donors (Lipinski definition) is 1. The van der Waals surface area contributed by atoms with Crippen molar-refractivity contribution in [1.29, 1.82) is 0 Å². The van der Waals surface area contributed by atoms with Gasteiger partial charge < -0.3 is 4.74 Å². The van der Waals surface area contributed by atoms with Crippen LogP contribution in [-0.2, 0) is 11.2 Å². The van der Waals surface area contributed by atoms with Gasteiger partial charge in [0.1, 0.15) is 0 Å². The van der Waals surface area contributed by atoms with Crippen LogP contribution in [0.1, 0.15) is 16.7 Å². The van der Waals surface area contributed by atoms with Gasteiger partial charge >= 0.3 is 0 Å². The average molecular weight is 191 g/mol. The molecule has 0 spiro atoms. The Morgan fingerprint density at radius 1 is 1.43 bits per heavy atom. The van der Waals surface area contributed by atoms with Crippen LogP contribution in [0.5, 0.6) is 0 Å². The van der Waals surface area contributed by atoms with Gasteiger partial charge in [-0.2, -0.15) is 0 Å². The second-order valence-corrected chi connectivity index (χ2v) is 4.02. The molecule has 0 aromatic heterocycles. The van der Waals surface area contributed by atoms with Gasteiger partial charge in [-0.15, -0.1) is 0 Å². The Hall–Kier alpha value is -0.860. The monoisotopic (exact) mass is 191 g/mol. The first kappa shape index (κ1) is 9.69. The second-order valence-electron chi connectivity index (χ2n) is 4.02. The lowest BCUT2D eigenvalue weighted by Gasteiger charge is -2.11. The summed E-state index contributed by atoms with van der Waals surface area (Å²) in [7, 11) is 0. The van der Waals surface area contributed by atoms with Gasteiger partial charge in [-0.1, -0.05) is 23.8 Å². The fraction of sp³-hybridized carbons (Fsp3) is 0.500. The van der Waals surface area contributed by atoms with Gasteiger partial charge in [0.25, 0.3) is 0 Å². The summed E-state index contributed by atoms with van der Waals surface area (Å²) in [5, 5.41) is 3.20. The highest BCUT2D eigenvalue weighted by Crippen LogP contribution is 2.14. The first-order chi connectivity index (χ1) is 6.75. The van der Waals surface area contributed by atoms with Crippen LogP contribution in [-0.4, -0.2) is 19.4 Å². The van der Waals surface area contributed by atoms with Crippen molar-refractivity contribution in [3.8, 4) is 0 Å². The third-order valence-electron chi connectivity index (χ3n) is 2.75. The molecular formula is C12H17NO. The molecule has 1 N–H and O–H groups in total. The van der Waals surface area contributed by atoms with E-state index in [1.807, 2.05) is 0 Å². The zero-order valence-electron chi connectivity index (χ0n) is 8.84. The first-order valence-electron chi connectivity index (χ1n) is 5.14. The normalized spacial score (nSPS) is 21.4. The highest BCUT2D eigenvalue weighted by atomic mass is 16.5. The Morgan fingerprint density at radius 2 is 2.29 bits per heavy atom. The minimum absolute atomic E-state index is 0.357. The van der Waals surface area contributed by atoms with Crippen LogP contribution < -0.4 is 5.32 Å². The highest BCUT2D eigenvalue weighted by Gasteiger charge is 2.15. The molecule has 0 bridgehead atoms. The van der Waals surface area contributed by atoms with Crippen molar-refractivity contribution in [2.24, 2.45) is 0 Å². The lowest BCUT2D eigenvalue weighted by atomic mass is 10.0. The predicted octanol–water partition coefficient (Wildman–Crippen LogP) is 1.79. The molecule has 1 aromatic rings. The van der Waals surface area contributed by atoms with Crippen molar-refractivity contribution in [2.45, 2.75) is 26.4 Å². The van der Waals surface area contributed by atoms with Gasteiger partial charge in [-0.3, -0.25) is 5.32 Å². The predicted molar refractivity (Wildman–Crippen MR) is 57.4 cm³/mol. The molecule has 0 aliphatic carbocycles. The van der Waals surface area contributed by atoms with Gasteiger partial charge in [-0.25, -0.2) is 0 Å². The van der Waals surface area contributed by atoms with Crippen molar-refractivity contribution in [1.82, 2.24) is 5.32 Å². The van der Waals surface area contributed by atoms with Gasteiger partial charge in [-0.05, 0) is 25.0 Å². The standard InChI is InChI=1S/C12H17NO/c1-9-3-4-10(2)11(5-9)6-12-7-13-8-14-12/h3-5,12-13H,6-8H2,1-2H3. The molecule has 2 rings (SSSR count). The van der Waals surface area contributed by atoms with Crippen LogP contribution in [0.2, 0.25) is 0 Å². The van der Waals surface area contributed by atoms with Gasteiger partial charge in [0.15, 0.2) is 0 Å². The SMILES string of the molecule is Cc1ccc(C)c(CC2CNCO2)c1. The number of rotatable bonds is 2. The van der Waals surface area contributed by atoms with E-state index in [4.69, 9.17) is 4.74 Å². The fourth-order valence-electron chi connectivity index (χ4n) is 1.85. The summed E-state index contributed by atoms with van der Waals surface area (Å²) in [4.78, 5) is 0. The van der Waals surface area contributed by atoms with E-state index in [9.17, 15) is 0 Å². The van der Waals surface area contributed by atoms with Crippen molar-refractivity contribution in [2.75, 3.05) is 13.3 Å². The first-order valence-corrected chi connectivity index (χ1v) is 5.14. The topological polar surface area (TPSA) is 21.3 Å². The minimum Gasteiger partial charge on any atom is -0.361 e. The summed E-state index contributed by atoms with van der Waals surface area (Å²) >= 11 is 0. The van der Waals surface area contributed by atoms with E-state index in [1.54, 1.807) is 0 Å². The zero-order chi connectivity index (χ0) is 9.97. The lowest BCUT2D eigenvalue weighted by molar-refractivity contribution is 0.113. The molecule has 0 radical (unpaired) electrons. The summed E-state index contributed by atoms with van der Waals surface area (Å²) in [5.74, 6) is 0. The summed E-state index contributed by atoms with van der Waals surface area (Å²) in [6.07, 6.45) is 1.39. The molecule has 1 unspecified atom stereocenters. The Kier molecular flexibility index (Phi) is 2.85. The largest absolute Gasteiger partial charge is 0.361 e. The van der Waals surface area contributed by atoms with Crippen molar-refractivity contribution in [3.05, 3.63) is 34.9 Å². The Labute approximate surface area is 85.3 Å². The molecule has 1 atom stereocenters. The molecule has 1 saturated heterocycles. The van der Waals surface area contributed by atoms with E-state index in [2.05, 4.69) is 37.4 Å². The maximum absolute atomic E-state index is 5.54. The molecule has 1 aliphatic heterocycles. The zero-order valence-corrected chi connectivity index (χ0v) is 8.84. The summed E-state index contributed by atoms with van der Waals surface area (Å²) in [6.45, 7) is 5.98. The van der Waals surface area contributed by atoms with Crippen molar-refractivity contribution < 1.29 is 4.74 Å². The van der Waals surface area contributed by atoms with E-state index < -0.39 is 0 Å². The molecule has 14 heavy (non-hydrogen) atoms. The molecule has 0 saturated carbocycles. The van der Waals surface area contributed by atoms with Gasteiger partial charge in [0.05, 0.1) is 12.8 Å². The van der Waals surface area contributed by atoms with E-state index >= 15 is 0 Å². The molecule has 2 heteroatoms. The Bertz CT molecular complexity index is 316. The average Bonchev–Trinajstić information content (AvgIpc) is 2.64. The van der Waals surface area contributed by atoms with E-state index in [1.165, 1.54) is 16.7 Å². The van der Waals surface area contributed by atoms with Crippen LogP contribution in [0.3, 0.4) is 0 Å². The van der Waals surface area contributed by atoms with E-state index in [0.717, 1.165) is 13.0 Å². The number of hydrogen-bond acceptors (Lipinski definition) is 2. The van der Waals surface area contributed by atoms with E-state index in [-0.39, 0.29) is 0 Å². The molecule has 76 valence electrons. The van der Waals surface area contributed by atoms with Gasteiger partial charge in [0, 0.05) is 13.0 Å². The number of ether oxygens (including phenoxy) is 1. The Morgan fingerprint density at radius 3 is 3.00 bits per heavy atom. The molecular weight excluding hydrogens is 174 g/mol.